The first-order chi connectivity index (χ1) is 10.5. The van der Waals surface area contributed by atoms with Crippen LogP contribution < -0.4 is 10.1 Å². The Morgan fingerprint density at radius 3 is 2.59 bits per heavy atom. The zero-order valence-electron chi connectivity index (χ0n) is 12.4. The van der Waals surface area contributed by atoms with Gasteiger partial charge in [0.2, 0.25) is 0 Å². The van der Waals surface area contributed by atoms with Gasteiger partial charge in [-0.15, -0.1) is 0 Å². The second-order valence-electron chi connectivity index (χ2n) is 5.02. The fourth-order valence-corrected chi connectivity index (χ4v) is 2.32. The Balaban J connectivity index is 1.91. The van der Waals surface area contributed by atoms with Crippen LogP contribution in [0.1, 0.15) is 24.1 Å². The van der Waals surface area contributed by atoms with Gasteiger partial charge in [-0.2, -0.15) is 0 Å². The summed E-state index contributed by atoms with van der Waals surface area (Å²) >= 11 is 11.9. The molecule has 0 aliphatic heterocycles. The number of carbonyl (C=O) groups is 1. The first-order valence-corrected chi connectivity index (χ1v) is 7.65. The summed E-state index contributed by atoms with van der Waals surface area (Å²) in [6, 6.07) is 12.7. The molecule has 2 aromatic rings. The molecule has 0 aliphatic rings. The molecule has 3 nitrogen and oxygen atoms in total. The molecule has 0 heterocycles. The average Bonchev–Trinajstić information content (AvgIpc) is 2.49. The van der Waals surface area contributed by atoms with Crippen molar-refractivity contribution in [1.29, 1.82) is 0 Å². The van der Waals surface area contributed by atoms with Gasteiger partial charge in [0.05, 0.1) is 16.1 Å². The molecular formula is C17H17Cl2NO2. The van der Waals surface area contributed by atoms with Gasteiger partial charge in [-0.05, 0) is 43.2 Å². The van der Waals surface area contributed by atoms with Crippen molar-refractivity contribution in [2.24, 2.45) is 0 Å². The molecule has 2 aromatic carbocycles. The van der Waals surface area contributed by atoms with Gasteiger partial charge in [0, 0.05) is 0 Å². The highest BCUT2D eigenvalue weighted by Crippen LogP contribution is 2.25. The molecule has 2 rings (SSSR count). The number of halogens is 2. The number of ether oxygens (including phenoxy) is 1. The van der Waals surface area contributed by atoms with Crippen molar-refractivity contribution >= 4 is 29.1 Å². The third-order valence-electron chi connectivity index (χ3n) is 3.27. The Hall–Kier alpha value is -1.71. The summed E-state index contributed by atoms with van der Waals surface area (Å²) in [5.41, 5.74) is 1.88. The molecule has 0 spiro atoms. The fourth-order valence-electron chi connectivity index (χ4n) is 2.01. The second kappa shape index (κ2) is 7.52. The highest BCUT2D eigenvalue weighted by Gasteiger charge is 2.12. The molecule has 0 unspecified atom stereocenters. The van der Waals surface area contributed by atoms with Crippen molar-refractivity contribution in [3.63, 3.8) is 0 Å². The lowest BCUT2D eigenvalue weighted by atomic mass is 10.1. The van der Waals surface area contributed by atoms with Crippen LogP contribution in [0.25, 0.3) is 0 Å². The zero-order chi connectivity index (χ0) is 16.1. The topological polar surface area (TPSA) is 38.3 Å². The molecule has 1 atom stereocenters. The smallest absolute Gasteiger partial charge is 0.258 e. The van der Waals surface area contributed by atoms with Crippen molar-refractivity contribution in [3.8, 4) is 5.75 Å². The molecule has 0 saturated carbocycles. The van der Waals surface area contributed by atoms with E-state index in [2.05, 4.69) is 5.32 Å². The Morgan fingerprint density at radius 2 is 1.91 bits per heavy atom. The summed E-state index contributed by atoms with van der Waals surface area (Å²) in [6.07, 6.45) is 0. The standard InChI is InChI=1S/C17H17Cl2NO2/c1-11-5-3-4-6-16(11)22-10-17(21)20-12(2)13-7-8-14(18)15(19)9-13/h3-9,12H,10H2,1-2H3,(H,20,21)/t12-/m0/s1. The fraction of sp³-hybridized carbons (Fsp3) is 0.235. The first-order valence-electron chi connectivity index (χ1n) is 6.90. The van der Waals surface area contributed by atoms with E-state index in [1.807, 2.05) is 44.2 Å². The van der Waals surface area contributed by atoms with Crippen molar-refractivity contribution in [2.45, 2.75) is 19.9 Å². The Morgan fingerprint density at radius 1 is 1.18 bits per heavy atom. The molecule has 0 saturated heterocycles. The van der Waals surface area contributed by atoms with E-state index in [-0.39, 0.29) is 18.6 Å². The normalized spacial score (nSPS) is 11.8. The van der Waals surface area contributed by atoms with Crippen LogP contribution >= 0.6 is 23.2 Å². The Labute approximate surface area is 140 Å². The van der Waals surface area contributed by atoms with Crippen LogP contribution in [0.5, 0.6) is 5.75 Å². The average molecular weight is 338 g/mol. The van der Waals surface area contributed by atoms with Crippen LogP contribution in [-0.4, -0.2) is 12.5 Å². The molecule has 0 aromatic heterocycles. The van der Waals surface area contributed by atoms with Crippen LogP contribution in [0.3, 0.4) is 0 Å². The summed E-state index contributed by atoms with van der Waals surface area (Å²) in [6.45, 7) is 3.79. The molecule has 5 heteroatoms. The number of carbonyl (C=O) groups excluding carboxylic acids is 1. The first kappa shape index (κ1) is 16.7. The molecule has 0 bridgehead atoms. The molecule has 0 radical (unpaired) electrons. The van der Waals surface area contributed by atoms with E-state index >= 15 is 0 Å². The van der Waals surface area contributed by atoms with Gasteiger partial charge in [-0.25, -0.2) is 0 Å². The molecule has 1 amide bonds. The number of aryl methyl sites for hydroxylation is 1. The lowest BCUT2D eigenvalue weighted by Gasteiger charge is -2.15. The maximum atomic E-state index is 12.0. The molecule has 0 aliphatic carbocycles. The quantitative estimate of drug-likeness (QED) is 0.868. The van der Waals surface area contributed by atoms with Crippen molar-refractivity contribution < 1.29 is 9.53 Å². The van der Waals surface area contributed by atoms with Crippen LogP contribution in [0, 0.1) is 6.92 Å². The number of hydrogen-bond donors (Lipinski definition) is 1. The van der Waals surface area contributed by atoms with Gasteiger partial charge < -0.3 is 10.1 Å². The third-order valence-corrected chi connectivity index (χ3v) is 4.01. The number of benzene rings is 2. The number of amides is 1. The van der Waals surface area contributed by atoms with E-state index in [1.54, 1.807) is 12.1 Å². The number of hydrogen-bond acceptors (Lipinski definition) is 2. The minimum Gasteiger partial charge on any atom is -0.484 e. The van der Waals surface area contributed by atoms with Crippen molar-refractivity contribution in [1.82, 2.24) is 5.32 Å². The van der Waals surface area contributed by atoms with E-state index in [9.17, 15) is 4.79 Å². The predicted molar refractivity (Wildman–Crippen MR) is 89.7 cm³/mol. The minimum absolute atomic E-state index is 0.0312. The van der Waals surface area contributed by atoms with Crippen LogP contribution in [0.4, 0.5) is 0 Å². The Bertz CT molecular complexity index is 673. The summed E-state index contributed by atoms with van der Waals surface area (Å²) in [7, 11) is 0. The van der Waals surface area contributed by atoms with E-state index in [1.165, 1.54) is 0 Å². The Kier molecular flexibility index (Phi) is 5.69. The highest BCUT2D eigenvalue weighted by atomic mass is 35.5. The van der Waals surface area contributed by atoms with Crippen LogP contribution in [-0.2, 0) is 4.79 Å². The summed E-state index contributed by atoms with van der Waals surface area (Å²) in [5, 5.41) is 3.83. The SMILES string of the molecule is Cc1ccccc1OCC(=O)N[C@@H](C)c1ccc(Cl)c(Cl)c1. The van der Waals surface area contributed by atoms with E-state index in [0.717, 1.165) is 11.1 Å². The lowest BCUT2D eigenvalue weighted by Crippen LogP contribution is -2.31. The zero-order valence-corrected chi connectivity index (χ0v) is 13.9. The van der Waals surface area contributed by atoms with E-state index in [0.29, 0.717) is 15.8 Å². The molecule has 116 valence electrons. The minimum atomic E-state index is -0.193. The second-order valence-corrected chi connectivity index (χ2v) is 5.83. The molecule has 22 heavy (non-hydrogen) atoms. The number of rotatable bonds is 5. The maximum absolute atomic E-state index is 12.0. The molecular weight excluding hydrogens is 321 g/mol. The van der Waals surface area contributed by atoms with Gasteiger partial charge in [0.15, 0.2) is 6.61 Å². The van der Waals surface area contributed by atoms with Crippen LogP contribution in [0.15, 0.2) is 42.5 Å². The van der Waals surface area contributed by atoms with Gasteiger partial charge in [-0.3, -0.25) is 4.79 Å². The maximum Gasteiger partial charge on any atom is 0.258 e. The van der Waals surface area contributed by atoms with E-state index < -0.39 is 0 Å². The number of nitrogens with one attached hydrogen (secondary N) is 1. The number of para-hydroxylation sites is 1. The monoisotopic (exact) mass is 337 g/mol. The van der Waals surface area contributed by atoms with Crippen molar-refractivity contribution in [2.75, 3.05) is 6.61 Å². The molecule has 0 fully saturated rings. The molecule has 1 N–H and O–H groups in total. The van der Waals surface area contributed by atoms with Gasteiger partial charge in [-0.1, -0.05) is 47.5 Å². The predicted octanol–water partition coefficient (Wildman–Crippen LogP) is 4.56. The highest BCUT2D eigenvalue weighted by molar-refractivity contribution is 6.42. The largest absolute Gasteiger partial charge is 0.484 e. The summed E-state index contributed by atoms with van der Waals surface area (Å²) in [4.78, 5) is 12.0. The lowest BCUT2D eigenvalue weighted by molar-refractivity contribution is -0.123. The summed E-state index contributed by atoms with van der Waals surface area (Å²) in [5.74, 6) is 0.515. The third kappa shape index (κ3) is 4.39. The summed E-state index contributed by atoms with van der Waals surface area (Å²) < 4.78 is 5.52. The van der Waals surface area contributed by atoms with Crippen molar-refractivity contribution in [3.05, 3.63) is 63.6 Å². The van der Waals surface area contributed by atoms with Crippen LogP contribution in [0.2, 0.25) is 10.0 Å². The van der Waals surface area contributed by atoms with Gasteiger partial charge in [0.1, 0.15) is 5.75 Å². The van der Waals surface area contributed by atoms with E-state index in [4.69, 9.17) is 27.9 Å². The van der Waals surface area contributed by atoms with Gasteiger partial charge >= 0.3 is 0 Å². The van der Waals surface area contributed by atoms with Gasteiger partial charge in [0.25, 0.3) is 5.91 Å².